The molecule has 1 atom stereocenters. The Bertz CT molecular complexity index is 742. The first-order valence-electron chi connectivity index (χ1n) is 8.83. The predicted octanol–water partition coefficient (Wildman–Crippen LogP) is 3.52. The van der Waals surface area contributed by atoms with Crippen LogP contribution in [0, 0.1) is 5.82 Å². The molecule has 1 aromatic heterocycles. The quantitative estimate of drug-likeness (QED) is 0.921. The Morgan fingerprint density at radius 3 is 2.80 bits per heavy atom. The maximum absolute atomic E-state index is 13.2. The lowest BCUT2D eigenvalue weighted by atomic mass is 9.95. The molecule has 1 aromatic carbocycles. The summed E-state index contributed by atoms with van der Waals surface area (Å²) in [6, 6.07) is 6.23. The van der Waals surface area contributed by atoms with E-state index >= 15 is 0 Å². The summed E-state index contributed by atoms with van der Waals surface area (Å²) in [5.41, 5.74) is 0.965. The summed E-state index contributed by atoms with van der Waals surface area (Å²) >= 11 is 0. The fourth-order valence-electron chi connectivity index (χ4n) is 3.30. The molecule has 6 nitrogen and oxygen atoms in total. The average molecular weight is 344 g/mol. The number of piperidine rings is 1. The van der Waals surface area contributed by atoms with E-state index in [1.54, 1.807) is 12.1 Å². The number of amides is 2. The lowest BCUT2D eigenvalue weighted by Gasteiger charge is -2.36. The van der Waals surface area contributed by atoms with Crippen molar-refractivity contribution in [2.75, 3.05) is 6.54 Å². The number of benzene rings is 1. The van der Waals surface area contributed by atoms with Gasteiger partial charge in [0.15, 0.2) is 5.82 Å². The number of rotatable bonds is 4. The van der Waals surface area contributed by atoms with Crippen LogP contribution in [-0.2, 0) is 6.54 Å². The molecule has 2 amide bonds. The fourth-order valence-corrected chi connectivity index (χ4v) is 3.30. The first-order valence-corrected chi connectivity index (χ1v) is 8.83. The molecule has 2 aromatic rings. The molecule has 4 rings (SSSR count). The van der Waals surface area contributed by atoms with E-state index in [0.29, 0.717) is 24.2 Å². The number of urea groups is 1. The number of nitrogens with zero attached hydrogens (tertiary/aromatic N) is 3. The molecular formula is C18H21FN4O2. The van der Waals surface area contributed by atoms with Gasteiger partial charge in [0, 0.05) is 12.5 Å². The van der Waals surface area contributed by atoms with Gasteiger partial charge in [0.1, 0.15) is 5.82 Å². The average Bonchev–Trinajstić information content (AvgIpc) is 3.39. The van der Waals surface area contributed by atoms with E-state index in [1.165, 1.54) is 12.1 Å². The molecule has 1 unspecified atom stereocenters. The van der Waals surface area contributed by atoms with Crippen LogP contribution in [0.15, 0.2) is 28.8 Å². The van der Waals surface area contributed by atoms with Crippen molar-refractivity contribution >= 4 is 6.03 Å². The van der Waals surface area contributed by atoms with E-state index in [4.69, 9.17) is 4.52 Å². The van der Waals surface area contributed by atoms with Gasteiger partial charge in [-0.1, -0.05) is 17.3 Å². The van der Waals surface area contributed by atoms with Gasteiger partial charge in [-0.2, -0.15) is 4.98 Å². The molecule has 7 heteroatoms. The van der Waals surface area contributed by atoms with Gasteiger partial charge in [0.25, 0.3) is 0 Å². The van der Waals surface area contributed by atoms with E-state index in [-0.39, 0.29) is 24.4 Å². The van der Waals surface area contributed by atoms with Gasteiger partial charge < -0.3 is 14.7 Å². The molecule has 1 N–H and O–H groups in total. The lowest BCUT2D eigenvalue weighted by molar-refractivity contribution is 0.151. The molecule has 132 valence electrons. The van der Waals surface area contributed by atoms with Crippen LogP contribution < -0.4 is 5.32 Å². The minimum atomic E-state index is -0.265. The van der Waals surface area contributed by atoms with Crippen LogP contribution >= 0.6 is 0 Å². The summed E-state index contributed by atoms with van der Waals surface area (Å²) in [5, 5.41) is 6.80. The highest BCUT2D eigenvalue weighted by molar-refractivity contribution is 5.74. The normalized spacial score (nSPS) is 20.5. The van der Waals surface area contributed by atoms with Crippen molar-refractivity contribution in [2.24, 2.45) is 0 Å². The van der Waals surface area contributed by atoms with Crippen molar-refractivity contribution in [1.82, 2.24) is 20.4 Å². The first-order chi connectivity index (χ1) is 12.2. The van der Waals surface area contributed by atoms with Gasteiger partial charge in [-0.3, -0.25) is 0 Å². The SMILES string of the molecule is O=C(NCc1noc(C2CC2)n1)N1CCCCC1c1ccc(F)cc1. The van der Waals surface area contributed by atoms with Gasteiger partial charge in [0.2, 0.25) is 5.89 Å². The van der Waals surface area contributed by atoms with Gasteiger partial charge in [-0.15, -0.1) is 0 Å². The third-order valence-electron chi connectivity index (χ3n) is 4.83. The molecule has 0 spiro atoms. The zero-order chi connectivity index (χ0) is 17.2. The molecule has 0 bridgehead atoms. The molecule has 1 aliphatic heterocycles. The topological polar surface area (TPSA) is 71.3 Å². The Kier molecular flexibility index (Phi) is 4.38. The maximum atomic E-state index is 13.2. The predicted molar refractivity (Wildman–Crippen MR) is 88.2 cm³/mol. The molecule has 0 radical (unpaired) electrons. The Morgan fingerprint density at radius 2 is 2.04 bits per heavy atom. The minimum absolute atomic E-state index is 0.0263. The standard InChI is InChI=1S/C18H21FN4O2/c19-14-8-6-12(7-9-14)15-3-1-2-10-23(15)18(24)20-11-16-21-17(25-22-16)13-4-5-13/h6-9,13,15H,1-5,10-11H2,(H,20,24). The summed E-state index contributed by atoms with van der Waals surface area (Å²) in [6.45, 7) is 0.940. The summed E-state index contributed by atoms with van der Waals surface area (Å²) < 4.78 is 18.4. The molecule has 2 fully saturated rings. The van der Waals surface area contributed by atoms with E-state index in [2.05, 4.69) is 15.5 Å². The number of hydrogen-bond donors (Lipinski definition) is 1. The smallest absolute Gasteiger partial charge is 0.318 e. The summed E-state index contributed by atoms with van der Waals surface area (Å²) in [4.78, 5) is 18.8. The van der Waals surface area contributed by atoms with Gasteiger partial charge in [-0.05, 0) is 49.8 Å². The molecule has 2 heterocycles. The number of carbonyl (C=O) groups is 1. The fraction of sp³-hybridized carbons (Fsp3) is 0.500. The molecule has 1 aliphatic carbocycles. The van der Waals surface area contributed by atoms with Crippen molar-refractivity contribution in [1.29, 1.82) is 0 Å². The van der Waals surface area contributed by atoms with Gasteiger partial charge >= 0.3 is 6.03 Å². The Hall–Kier alpha value is -2.44. The zero-order valence-electron chi connectivity index (χ0n) is 13.9. The van der Waals surface area contributed by atoms with Crippen molar-refractivity contribution in [3.8, 4) is 0 Å². The number of carbonyl (C=O) groups excluding carboxylic acids is 1. The van der Waals surface area contributed by atoms with Crippen molar-refractivity contribution < 1.29 is 13.7 Å². The molecule has 1 saturated carbocycles. The number of nitrogens with one attached hydrogen (secondary N) is 1. The third kappa shape index (κ3) is 3.65. The number of aromatic nitrogens is 2. The van der Waals surface area contributed by atoms with Crippen molar-refractivity contribution in [3.63, 3.8) is 0 Å². The number of hydrogen-bond acceptors (Lipinski definition) is 4. The van der Waals surface area contributed by atoms with Gasteiger partial charge in [-0.25, -0.2) is 9.18 Å². The van der Waals surface area contributed by atoms with Crippen LogP contribution in [0.4, 0.5) is 9.18 Å². The minimum Gasteiger partial charge on any atom is -0.339 e. The summed E-state index contributed by atoms with van der Waals surface area (Å²) in [7, 11) is 0. The largest absolute Gasteiger partial charge is 0.339 e. The maximum Gasteiger partial charge on any atom is 0.318 e. The van der Waals surface area contributed by atoms with Crippen LogP contribution in [0.2, 0.25) is 0 Å². The van der Waals surface area contributed by atoms with Crippen LogP contribution in [-0.4, -0.2) is 27.6 Å². The van der Waals surface area contributed by atoms with Crippen molar-refractivity contribution in [3.05, 3.63) is 47.4 Å². The van der Waals surface area contributed by atoms with E-state index < -0.39 is 0 Å². The van der Waals surface area contributed by atoms with Crippen LogP contribution in [0.3, 0.4) is 0 Å². The second kappa shape index (κ2) is 6.82. The third-order valence-corrected chi connectivity index (χ3v) is 4.83. The summed E-state index contributed by atoms with van der Waals surface area (Å²) in [6.07, 6.45) is 5.11. The van der Waals surface area contributed by atoms with Crippen LogP contribution in [0.5, 0.6) is 0 Å². The van der Waals surface area contributed by atoms with E-state index in [1.807, 2.05) is 4.90 Å². The van der Waals surface area contributed by atoms with E-state index in [9.17, 15) is 9.18 Å². The molecule has 25 heavy (non-hydrogen) atoms. The monoisotopic (exact) mass is 344 g/mol. The highest BCUT2D eigenvalue weighted by Gasteiger charge is 2.30. The van der Waals surface area contributed by atoms with Gasteiger partial charge in [0.05, 0.1) is 12.6 Å². The zero-order valence-corrected chi connectivity index (χ0v) is 13.9. The second-order valence-corrected chi connectivity index (χ2v) is 6.74. The van der Waals surface area contributed by atoms with Crippen molar-refractivity contribution in [2.45, 2.75) is 50.6 Å². The second-order valence-electron chi connectivity index (χ2n) is 6.74. The molecule has 1 saturated heterocycles. The highest BCUT2D eigenvalue weighted by atomic mass is 19.1. The van der Waals surface area contributed by atoms with E-state index in [0.717, 1.165) is 37.7 Å². The summed E-state index contributed by atoms with van der Waals surface area (Å²) in [5.74, 6) is 1.32. The lowest BCUT2D eigenvalue weighted by Crippen LogP contribution is -2.44. The highest BCUT2D eigenvalue weighted by Crippen LogP contribution is 2.38. The number of halogens is 1. The van der Waals surface area contributed by atoms with Crippen LogP contribution in [0.1, 0.15) is 61.3 Å². The first kappa shape index (κ1) is 16.1. The molecule has 2 aliphatic rings. The Labute approximate surface area is 145 Å². The number of likely N-dealkylation sites (tertiary alicyclic amines) is 1. The Morgan fingerprint density at radius 1 is 1.24 bits per heavy atom. The molecular weight excluding hydrogens is 323 g/mol. The Balaban J connectivity index is 1.40. The van der Waals surface area contributed by atoms with Crippen LogP contribution in [0.25, 0.3) is 0 Å².